The Morgan fingerprint density at radius 1 is 0.828 bits per heavy atom. The number of methoxy groups -OCH3 is 2. The van der Waals surface area contributed by atoms with Crippen LogP contribution in [0.4, 0.5) is 0 Å². The molecule has 1 fully saturated rings. The lowest BCUT2D eigenvalue weighted by Gasteiger charge is -2.30. The molecule has 2 aromatic carbocycles. The number of piperazine rings is 1. The number of ether oxygens (including phenoxy) is 2. The van der Waals surface area contributed by atoms with E-state index in [4.69, 9.17) is 9.47 Å². The zero-order valence-corrected chi connectivity index (χ0v) is 17.7. The minimum atomic E-state index is 0.203. The fourth-order valence-corrected chi connectivity index (χ4v) is 3.78. The number of quaternary nitrogens is 2. The molecule has 6 heteroatoms. The van der Waals surface area contributed by atoms with Crippen LogP contribution >= 0.6 is 0 Å². The number of nitrogens with zero attached hydrogens (tertiary/aromatic N) is 1. The predicted molar refractivity (Wildman–Crippen MR) is 112 cm³/mol. The number of likely N-dealkylation sites (N-methyl/N-ethyl adjacent to an activating group) is 1. The average Bonchev–Trinajstić information content (AvgIpc) is 2.76. The highest BCUT2D eigenvalue weighted by molar-refractivity contribution is 5.76. The zero-order chi connectivity index (χ0) is 20.6. The van der Waals surface area contributed by atoms with Gasteiger partial charge >= 0.3 is 0 Å². The van der Waals surface area contributed by atoms with Crippen LogP contribution in [0.15, 0.2) is 48.5 Å². The molecule has 0 atom stereocenters. The molecule has 6 nitrogen and oxygen atoms in total. The maximum absolute atomic E-state index is 12.6. The molecule has 1 aliphatic rings. The first-order valence-corrected chi connectivity index (χ1v) is 10.2. The average molecular weight is 400 g/mol. The summed E-state index contributed by atoms with van der Waals surface area (Å²) in [6.45, 7) is 6.49. The summed E-state index contributed by atoms with van der Waals surface area (Å²) in [5.74, 6) is 1.94. The molecular weight excluding hydrogens is 366 g/mol. The normalized spacial score (nSPS) is 18.9. The summed E-state index contributed by atoms with van der Waals surface area (Å²) >= 11 is 0. The lowest BCUT2D eigenvalue weighted by Crippen LogP contribution is -3.28. The molecule has 0 spiro atoms. The topological polar surface area (TPSA) is 47.6 Å². The molecule has 1 aliphatic heterocycles. The minimum absolute atomic E-state index is 0.203. The maximum Gasteiger partial charge on any atom is 0.277 e. The molecule has 0 radical (unpaired) electrons. The van der Waals surface area contributed by atoms with Crippen molar-refractivity contribution in [1.82, 2.24) is 4.90 Å². The largest absolute Gasteiger partial charge is 0.497 e. The van der Waals surface area contributed by atoms with Crippen LogP contribution in [0, 0.1) is 0 Å². The Balaban J connectivity index is 1.41. The first-order valence-electron chi connectivity index (χ1n) is 10.2. The van der Waals surface area contributed by atoms with Crippen LogP contribution in [0.5, 0.6) is 11.5 Å². The fourth-order valence-electron chi connectivity index (χ4n) is 3.78. The summed E-state index contributed by atoms with van der Waals surface area (Å²) in [6.07, 6.45) is 0. The van der Waals surface area contributed by atoms with Gasteiger partial charge in [0.15, 0.2) is 6.54 Å². The van der Waals surface area contributed by atoms with Crippen LogP contribution in [-0.2, 0) is 17.9 Å². The van der Waals surface area contributed by atoms with Gasteiger partial charge in [0, 0.05) is 19.2 Å². The summed E-state index contributed by atoms with van der Waals surface area (Å²) in [6, 6.07) is 16.2. The number of hydrogen-bond donors (Lipinski definition) is 2. The Labute approximate surface area is 173 Å². The highest BCUT2D eigenvalue weighted by atomic mass is 16.5. The van der Waals surface area contributed by atoms with E-state index in [0.29, 0.717) is 13.1 Å². The number of hydrogen-bond acceptors (Lipinski definition) is 3. The molecule has 0 bridgehead atoms. The van der Waals surface area contributed by atoms with Crippen molar-refractivity contribution in [3.8, 4) is 11.5 Å². The third kappa shape index (κ3) is 6.21. The van der Waals surface area contributed by atoms with E-state index in [9.17, 15) is 4.79 Å². The van der Waals surface area contributed by atoms with E-state index in [0.717, 1.165) is 49.8 Å². The van der Waals surface area contributed by atoms with Crippen LogP contribution in [0.3, 0.4) is 0 Å². The summed E-state index contributed by atoms with van der Waals surface area (Å²) in [7, 11) is 5.24. The van der Waals surface area contributed by atoms with Crippen molar-refractivity contribution < 1.29 is 24.1 Å². The van der Waals surface area contributed by atoms with Gasteiger partial charge in [-0.1, -0.05) is 12.1 Å². The number of nitrogens with one attached hydrogen (secondary N) is 2. The van der Waals surface area contributed by atoms with Crippen molar-refractivity contribution in [2.24, 2.45) is 0 Å². The Hall–Kier alpha value is -2.57. The third-order valence-corrected chi connectivity index (χ3v) is 5.68. The molecule has 0 unspecified atom stereocenters. The van der Waals surface area contributed by atoms with Gasteiger partial charge in [-0.05, 0) is 42.0 Å². The van der Waals surface area contributed by atoms with E-state index in [1.54, 1.807) is 19.1 Å². The number of benzene rings is 2. The van der Waals surface area contributed by atoms with Gasteiger partial charge in [0.2, 0.25) is 0 Å². The molecule has 29 heavy (non-hydrogen) atoms. The van der Waals surface area contributed by atoms with Gasteiger partial charge in [-0.2, -0.15) is 0 Å². The molecule has 1 saturated heterocycles. The molecular formula is C23H33N3O3+2. The van der Waals surface area contributed by atoms with Crippen molar-refractivity contribution in [2.75, 3.05) is 54.0 Å². The second-order valence-corrected chi connectivity index (χ2v) is 7.80. The van der Waals surface area contributed by atoms with Crippen molar-refractivity contribution in [2.45, 2.75) is 13.1 Å². The van der Waals surface area contributed by atoms with E-state index in [-0.39, 0.29) is 5.91 Å². The standard InChI is InChI=1S/C23H31N3O3/c1-24(16-19-4-8-21(28-2)9-5-19)23(27)18-26-14-12-25(13-15-26)17-20-6-10-22(29-3)11-7-20/h4-11H,12-18H2,1-3H3/p+2. The molecule has 0 saturated carbocycles. The van der Waals surface area contributed by atoms with Gasteiger partial charge < -0.3 is 24.2 Å². The fraction of sp³-hybridized carbons (Fsp3) is 0.435. The molecule has 0 aliphatic carbocycles. The third-order valence-electron chi connectivity index (χ3n) is 5.68. The SMILES string of the molecule is COc1ccc(CN(C)C(=O)C[NH+]2CC[NH+](Cc3ccc(OC)cc3)CC2)cc1. The number of amides is 1. The van der Waals surface area contributed by atoms with Crippen molar-refractivity contribution in [1.29, 1.82) is 0 Å². The van der Waals surface area contributed by atoms with Crippen LogP contribution in [-0.4, -0.2) is 64.8 Å². The smallest absolute Gasteiger partial charge is 0.277 e. The summed E-state index contributed by atoms with van der Waals surface area (Å²) in [5, 5.41) is 0. The van der Waals surface area contributed by atoms with Gasteiger partial charge in [0.05, 0.1) is 14.2 Å². The van der Waals surface area contributed by atoms with Crippen LogP contribution < -0.4 is 19.3 Å². The van der Waals surface area contributed by atoms with E-state index in [2.05, 4.69) is 12.1 Å². The van der Waals surface area contributed by atoms with Gasteiger partial charge in [-0.25, -0.2) is 0 Å². The van der Waals surface area contributed by atoms with Gasteiger partial charge in [0.25, 0.3) is 5.91 Å². The molecule has 2 N–H and O–H groups in total. The number of carbonyl (C=O) groups excluding carboxylic acids is 1. The van der Waals surface area contributed by atoms with Crippen LogP contribution in [0.1, 0.15) is 11.1 Å². The summed E-state index contributed by atoms with van der Waals surface area (Å²) in [4.78, 5) is 17.4. The Morgan fingerprint density at radius 2 is 1.31 bits per heavy atom. The van der Waals surface area contributed by atoms with Crippen LogP contribution in [0.2, 0.25) is 0 Å². The molecule has 1 amide bonds. The first kappa shape index (κ1) is 21.1. The monoisotopic (exact) mass is 399 g/mol. The second-order valence-electron chi connectivity index (χ2n) is 7.80. The van der Waals surface area contributed by atoms with Crippen molar-refractivity contribution in [3.63, 3.8) is 0 Å². The summed E-state index contributed by atoms with van der Waals surface area (Å²) in [5.41, 5.74) is 2.45. The Morgan fingerprint density at radius 3 is 1.83 bits per heavy atom. The molecule has 156 valence electrons. The van der Waals surface area contributed by atoms with Crippen LogP contribution in [0.25, 0.3) is 0 Å². The van der Waals surface area contributed by atoms with E-state index < -0.39 is 0 Å². The minimum Gasteiger partial charge on any atom is -0.497 e. The second kappa shape index (κ2) is 10.3. The van der Waals surface area contributed by atoms with Crippen molar-refractivity contribution >= 4 is 5.91 Å². The molecule has 2 aromatic rings. The zero-order valence-electron chi connectivity index (χ0n) is 17.7. The Bertz CT molecular complexity index is 769. The molecule has 1 heterocycles. The van der Waals surface area contributed by atoms with Gasteiger partial charge in [0.1, 0.15) is 44.2 Å². The highest BCUT2D eigenvalue weighted by Crippen LogP contribution is 2.12. The van der Waals surface area contributed by atoms with Crippen molar-refractivity contribution in [3.05, 3.63) is 59.7 Å². The first-order chi connectivity index (χ1) is 14.1. The quantitative estimate of drug-likeness (QED) is 0.638. The molecule has 0 aromatic heterocycles. The maximum atomic E-state index is 12.6. The van der Waals surface area contributed by atoms with E-state index >= 15 is 0 Å². The van der Waals surface area contributed by atoms with E-state index in [1.165, 1.54) is 10.5 Å². The predicted octanol–water partition coefficient (Wildman–Crippen LogP) is -0.354. The number of carbonyl (C=O) groups is 1. The molecule has 3 rings (SSSR count). The lowest BCUT2D eigenvalue weighted by molar-refractivity contribution is -1.02. The highest BCUT2D eigenvalue weighted by Gasteiger charge is 2.26. The number of rotatable bonds is 8. The van der Waals surface area contributed by atoms with Gasteiger partial charge in [-0.15, -0.1) is 0 Å². The van der Waals surface area contributed by atoms with E-state index in [1.807, 2.05) is 48.3 Å². The summed E-state index contributed by atoms with van der Waals surface area (Å²) < 4.78 is 10.4. The van der Waals surface area contributed by atoms with Gasteiger partial charge in [-0.3, -0.25) is 4.79 Å². The Kier molecular flexibility index (Phi) is 7.49. The lowest BCUT2D eigenvalue weighted by atomic mass is 10.2.